The molecule has 4 aromatic rings. The van der Waals surface area contributed by atoms with Crippen molar-refractivity contribution in [2.45, 2.75) is 32.3 Å². The van der Waals surface area contributed by atoms with Gasteiger partial charge in [-0.2, -0.15) is 11.8 Å². The lowest BCUT2D eigenvalue weighted by molar-refractivity contribution is -0.0193. The minimum Gasteiger partial charge on any atom is -0.497 e. The Labute approximate surface area is 239 Å². The highest BCUT2D eigenvalue weighted by Crippen LogP contribution is 2.34. The van der Waals surface area contributed by atoms with E-state index in [1.54, 1.807) is 32.7 Å². The van der Waals surface area contributed by atoms with E-state index in [4.69, 9.17) is 30.8 Å². The summed E-state index contributed by atoms with van der Waals surface area (Å²) in [6.07, 6.45) is 7.40. The number of hydrogen-bond donors (Lipinski definition) is 0. The molecule has 0 saturated heterocycles. The molecule has 0 bridgehead atoms. The van der Waals surface area contributed by atoms with Crippen LogP contribution in [0.25, 0.3) is 22.3 Å². The number of nitrogens with zero attached hydrogens (tertiary/aromatic N) is 4. The fraction of sp³-hybridized carbons (Fsp3) is 0.367. The second-order valence-corrected chi connectivity index (χ2v) is 11.1. The molecule has 0 atom stereocenters. The van der Waals surface area contributed by atoms with E-state index in [1.165, 1.54) is 0 Å². The first-order chi connectivity index (χ1) is 18.8. The molecule has 0 aliphatic heterocycles. The van der Waals surface area contributed by atoms with Gasteiger partial charge >= 0.3 is 0 Å². The second kappa shape index (κ2) is 13.3. The third-order valence-electron chi connectivity index (χ3n) is 6.43. The standard InChI is InChI=1S/C30H35ClN4O3S/c1-30(2,10-14-39-5)38-13-6-12-35(23-16-24(36-3)19-25(17-23)37-4)22-7-8-26-27(18-22)34-28(20-33-26)21-9-11-32-29(31)15-21/h7-9,11,15-20H,6,10,12-14H2,1-5H3. The summed E-state index contributed by atoms with van der Waals surface area (Å²) >= 11 is 7.96. The van der Waals surface area contributed by atoms with Gasteiger partial charge in [-0.25, -0.2) is 9.97 Å². The van der Waals surface area contributed by atoms with Crippen LogP contribution in [0.15, 0.2) is 60.9 Å². The van der Waals surface area contributed by atoms with E-state index in [1.807, 2.05) is 42.1 Å². The van der Waals surface area contributed by atoms with E-state index in [0.717, 1.165) is 70.3 Å². The van der Waals surface area contributed by atoms with Crippen molar-refractivity contribution in [2.24, 2.45) is 0 Å². The van der Waals surface area contributed by atoms with Crippen LogP contribution in [0.4, 0.5) is 11.4 Å². The van der Waals surface area contributed by atoms with Gasteiger partial charge < -0.3 is 19.1 Å². The van der Waals surface area contributed by atoms with Gasteiger partial charge in [-0.3, -0.25) is 4.98 Å². The summed E-state index contributed by atoms with van der Waals surface area (Å²) in [6.45, 7) is 5.69. The number of pyridine rings is 1. The van der Waals surface area contributed by atoms with Crippen LogP contribution in [-0.2, 0) is 4.74 Å². The van der Waals surface area contributed by atoms with E-state index in [-0.39, 0.29) is 5.60 Å². The van der Waals surface area contributed by atoms with Gasteiger partial charge in [0.1, 0.15) is 16.7 Å². The maximum Gasteiger partial charge on any atom is 0.129 e. The summed E-state index contributed by atoms with van der Waals surface area (Å²) in [5.74, 6) is 2.52. The third kappa shape index (κ3) is 7.75. The molecule has 0 saturated carbocycles. The largest absolute Gasteiger partial charge is 0.497 e. The maximum atomic E-state index is 6.26. The van der Waals surface area contributed by atoms with E-state index in [2.05, 4.69) is 47.1 Å². The summed E-state index contributed by atoms with van der Waals surface area (Å²) in [6, 6.07) is 15.7. The number of thioether (sulfide) groups is 1. The first-order valence-corrected chi connectivity index (χ1v) is 14.6. The molecule has 0 N–H and O–H groups in total. The molecular formula is C30H35ClN4O3S. The van der Waals surface area contributed by atoms with E-state index in [9.17, 15) is 0 Å². The van der Waals surface area contributed by atoms with Gasteiger partial charge in [0, 0.05) is 54.5 Å². The van der Waals surface area contributed by atoms with Crippen molar-refractivity contribution in [2.75, 3.05) is 44.3 Å². The number of ether oxygens (including phenoxy) is 3. The Balaban J connectivity index is 1.66. The van der Waals surface area contributed by atoms with Crippen LogP contribution in [0.5, 0.6) is 11.5 Å². The molecule has 2 heterocycles. The summed E-state index contributed by atoms with van der Waals surface area (Å²) < 4.78 is 17.4. The molecule has 9 heteroatoms. The smallest absolute Gasteiger partial charge is 0.129 e. The summed E-state index contributed by atoms with van der Waals surface area (Å²) in [5.41, 5.74) is 4.98. The fourth-order valence-electron chi connectivity index (χ4n) is 4.22. The Morgan fingerprint density at radius 3 is 2.38 bits per heavy atom. The monoisotopic (exact) mass is 566 g/mol. The van der Waals surface area contributed by atoms with E-state index >= 15 is 0 Å². The highest BCUT2D eigenvalue weighted by atomic mass is 35.5. The van der Waals surface area contributed by atoms with Gasteiger partial charge in [-0.1, -0.05) is 11.6 Å². The molecule has 0 fully saturated rings. The number of benzene rings is 2. The van der Waals surface area contributed by atoms with Crippen LogP contribution in [-0.4, -0.2) is 59.9 Å². The molecule has 2 aromatic heterocycles. The first-order valence-electron chi connectivity index (χ1n) is 12.8. The quantitative estimate of drug-likeness (QED) is 0.122. The van der Waals surface area contributed by atoms with Crippen molar-refractivity contribution in [3.63, 3.8) is 0 Å². The predicted molar refractivity (Wildman–Crippen MR) is 162 cm³/mol. The summed E-state index contributed by atoms with van der Waals surface area (Å²) in [4.78, 5) is 15.8. The van der Waals surface area contributed by atoms with Gasteiger partial charge in [-0.15, -0.1) is 0 Å². The first kappa shape index (κ1) is 28.9. The van der Waals surface area contributed by atoms with Crippen molar-refractivity contribution < 1.29 is 14.2 Å². The molecule has 4 rings (SSSR count). The van der Waals surface area contributed by atoms with E-state index < -0.39 is 0 Å². The molecule has 0 aliphatic rings. The lowest BCUT2D eigenvalue weighted by atomic mass is 10.1. The van der Waals surface area contributed by atoms with Crippen molar-refractivity contribution >= 4 is 45.8 Å². The van der Waals surface area contributed by atoms with Crippen molar-refractivity contribution in [3.05, 3.63) is 66.1 Å². The Kier molecular flexibility index (Phi) is 9.88. The van der Waals surface area contributed by atoms with Crippen LogP contribution < -0.4 is 14.4 Å². The van der Waals surface area contributed by atoms with Gasteiger partial charge in [0.05, 0.1) is 42.7 Å². The highest BCUT2D eigenvalue weighted by molar-refractivity contribution is 7.98. The molecule has 39 heavy (non-hydrogen) atoms. The van der Waals surface area contributed by atoms with Gasteiger partial charge in [0.2, 0.25) is 0 Å². The zero-order chi connectivity index (χ0) is 27.8. The molecule has 0 unspecified atom stereocenters. The van der Waals surface area contributed by atoms with Crippen molar-refractivity contribution in [1.82, 2.24) is 15.0 Å². The molecule has 206 valence electrons. The molecular weight excluding hydrogens is 532 g/mol. The Bertz CT molecular complexity index is 1380. The number of halogens is 1. The van der Waals surface area contributed by atoms with Crippen LogP contribution in [0.1, 0.15) is 26.7 Å². The number of anilines is 2. The summed E-state index contributed by atoms with van der Waals surface area (Å²) in [7, 11) is 3.32. The molecule has 0 amide bonds. The average Bonchev–Trinajstić information content (AvgIpc) is 2.95. The molecule has 7 nitrogen and oxygen atoms in total. The van der Waals surface area contributed by atoms with Crippen LogP contribution in [0.2, 0.25) is 5.15 Å². The second-order valence-electron chi connectivity index (χ2n) is 9.72. The van der Waals surface area contributed by atoms with Gasteiger partial charge in [0.15, 0.2) is 0 Å². The Morgan fingerprint density at radius 2 is 1.69 bits per heavy atom. The van der Waals surface area contributed by atoms with Gasteiger partial charge in [0.25, 0.3) is 0 Å². The predicted octanol–water partition coefficient (Wildman–Crippen LogP) is 7.44. The molecule has 2 aromatic carbocycles. The lowest BCUT2D eigenvalue weighted by Gasteiger charge is -2.28. The van der Waals surface area contributed by atoms with Crippen molar-refractivity contribution in [1.29, 1.82) is 0 Å². The highest BCUT2D eigenvalue weighted by Gasteiger charge is 2.19. The SMILES string of the molecule is COc1cc(OC)cc(N(CCCOC(C)(C)CCSC)c2ccc3ncc(-c4ccnc(Cl)c4)nc3c2)c1. The number of methoxy groups -OCH3 is 2. The topological polar surface area (TPSA) is 69.6 Å². The minimum atomic E-state index is -0.155. The Hall–Kier alpha value is -3.07. The zero-order valence-corrected chi connectivity index (χ0v) is 24.7. The third-order valence-corrected chi connectivity index (χ3v) is 7.25. The Morgan fingerprint density at radius 1 is 0.923 bits per heavy atom. The van der Waals surface area contributed by atoms with Gasteiger partial charge in [-0.05, 0) is 69.0 Å². The number of rotatable bonds is 13. The van der Waals surface area contributed by atoms with Crippen LogP contribution in [0, 0.1) is 0 Å². The number of aromatic nitrogens is 3. The molecule has 0 aliphatic carbocycles. The lowest BCUT2D eigenvalue weighted by Crippen LogP contribution is -2.27. The zero-order valence-electron chi connectivity index (χ0n) is 23.1. The number of hydrogen-bond acceptors (Lipinski definition) is 8. The minimum absolute atomic E-state index is 0.155. The average molecular weight is 567 g/mol. The normalized spacial score (nSPS) is 11.5. The summed E-state index contributed by atoms with van der Waals surface area (Å²) in [5, 5.41) is 0.417. The molecule has 0 spiro atoms. The van der Waals surface area contributed by atoms with E-state index in [0.29, 0.717) is 11.8 Å². The molecule has 0 radical (unpaired) electrons. The maximum absolute atomic E-state index is 6.26. The fourth-order valence-corrected chi connectivity index (χ4v) is 5.08. The van der Waals surface area contributed by atoms with Crippen LogP contribution in [0.3, 0.4) is 0 Å². The number of fused-ring (bicyclic) bond motifs is 1. The van der Waals surface area contributed by atoms with Crippen LogP contribution >= 0.6 is 23.4 Å². The van der Waals surface area contributed by atoms with Crippen molar-refractivity contribution in [3.8, 4) is 22.8 Å².